The Kier molecular flexibility index (Phi) is 5.55. The van der Waals surface area contributed by atoms with E-state index in [0.29, 0.717) is 18.8 Å². The van der Waals surface area contributed by atoms with E-state index in [0.717, 1.165) is 43.5 Å². The number of carbonyl (C=O) groups excluding carboxylic acids is 1. The van der Waals surface area contributed by atoms with E-state index in [1.165, 1.54) is 0 Å². The van der Waals surface area contributed by atoms with Crippen LogP contribution in [-0.4, -0.2) is 42.4 Å². The van der Waals surface area contributed by atoms with Gasteiger partial charge in [-0.3, -0.25) is 9.89 Å². The highest BCUT2D eigenvalue weighted by Crippen LogP contribution is 2.15. The summed E-state index contributed by atoms with van der Waals surface area (Å²) < 4.78 is 5.18. The fraction of sp³-hybridized carbons (Fsp3) is 0.714. The van der Waals surface area contributed by atoms with Gasteiger partial charge in [-0.25, -0.2) is 0 Å². The molecule has 6 heteroatoms. The number of unbranched alkanes of at least 4 members (excludes halogenated alkanes) is 1. The summed E-state index contributed by atoms with van der Waals surface area (Å²) in [6.07, 6.45) is 4.01. The van der Waals surface area contributed by atoms with E-state index in [1.807, 2.05) is 0 Å². The summed E-state index contributed by atoms with van der Waals surface area (Å²) in [7, 11) is 1.66. The molecule has 1 unspecified atom stereocenters. The molecule has 0 fully saturated rings. The van der Waals surface area contributed by atoms with Crippen LogP contribution in [0.15, 0.2) is 0 Å². The van der Waals surface area contributed by atoms with E-state index in [4.69, 9.17) is 4.74 Å². The standard InChI is InChI=1S/C14H24N4O2/c1-3-4-5-10(9-20-2)16-14(19)13-11-8-15-7-6-12(11)17-18-13/h10,15H,3-9H2,1-2H3,(H,16,19)(H,17,18). The third-order valence-electron chi connectivity index (χ3n) is 3.63. The number of rotatable bonds is 7. The third kappa shape index (κ3) is 3.58. The maximum Gasteiger partial charge on any atom is 0.272 e. The second kappa shape index (κ2) is 7.40. The number of carbonyl (C=O) groups is 1. The number of ether oxygens (including phenoxy) is 1. The van der Waals surface area contributed by atoms with Gasteiger partial charge in [-0.05, 0) is 6.42 Å². The van der Waals surface area contributed by atoms with Crippen molar-refractivity contribution in [2.45, 2.75) is 45.2 Å². The van der Waals surface area contributed by atoms with Crippen molar-refractivity contribution in [1.29, 1.82) is 0 Å². The normalized spacial score (nSPS) is 15.7. The molecule has 0 saturated heterocycles. The highest BCUT2D eigenvalue weighted by atomic mass is 16.5. The third-order valence-corrected chi connectivity index (χ3v) is 3.63. The van der Waals surface area contributed by atoms with E-state index in [1.54, 1.807) is 7.11 Å². The molecule has 0 bridgehead atoms. The van der Waals surface area contributed by atoms with Gasteiger partial charge in [0, 0.05) is 37.9 Å². The molecular weight excluding hydrogens is 256 g/mol. The maximum atomic E-state index is 12.3. The first-order valence-corrected chi connectivity index (χ1v) is 7.32. The molecular formula is C14H24N4O2. The minimum absolute atomic E-state index is 0.0522. The first-order chi connectivity index (χ1) is 9.76. The first-order valence-electron chi connectivity index (χ1n) is 7.32. The quantitative estimate of drug-likeness (QED) is 0.696. The number of nitrogens with one attached hydrogen (secondary N) is 3. The summed E-state index contributed by atoms with van der Waals surface area (Å²) in [6.45, 7) is 4.32. The van der Waals surface area contributed by atoms with E-state index in [9.17, 15) is 4.79 Å². The summed E-state index contributed by atoms with van der Waals surface area (Å²) in [5.41, 5.74) is 2.59. The average molecular weight is 280 g/mol. The Morgan fingerprint density at radius 1 is 1.55 bits per heavy atom. The summed E-state index contributed by atoms with van der Waals surface area (Å²) >= 11 is 0. The number of nitrogens with zero attached hydrogens (tertiary/aromatic N) is 1. The first kappa shape index (κ1) is 15.0. The van der Waals surface area contributed by atoms with E-state index >= 15 is 0 Å². The summed E-state index contributed by atoms with van der Waals surface area (Å²) in [4.78, 5) is 12.3. The van der Waals surface area contributed by atoms with Crippen molar-refractivity contribution < 1.29 is 9.53 Å². The Morgan fingerprint density at radius 3 is 3.15 bits per heavy atom. The van der Waals surface area contributed by atoms with Crippen molar-refractivity contribution in [3.63, 3.8) is 0 Å². The number of aromatic nitrogens is 2. The van der Waals surface area contributed by atoms with Crippen LogP contribution in [0.4, 0.5) is 0 Å². The number of H-pyrrole nitrogens is 1. The second-order valence-corrected chi connectivity index (χ2v) is 5.22. The molecule has 2 heterocycles. The molecule has 1 aromatic rings. The number of fused-ring (bicyclic) bond motifs is 1. The fourth-order valence-corrected chi connectivity index (χ4v) is 2.52. The van der Waals surface area contributed by atoms with Gasteiger partial charge in [-0.1, -0.05) is 19.8 Å². The molecule has 6 nitrogen and oxygen atoms in total. The highest BCUT2D eigenvalue weighted by molar-refractivity contribution is 5.94. The monoisotopic (exact) mass is 280 g/mol. The number of aromatic amines is 1. The van der Waals surface area contributed by atoms with Crippen LogP contribution in [0, 0.1) is 0 Å². The van der Waals surface area contributed by atoms with Crippen LogP contribution in [0.5, 0.6) is 0 Å². The molecule has 1 aromatic heterocycles. The molecule has 0 spiro atoms. The summed E-state index contributed by atoms with van der Waals surface area (Å²) in [5, 5.41) is 13.4. The van der Waals surface area contributed by atoms with Gasteiger partial charge in [-0.2, -0.15) is 5.10 Å². The average Bonchev–Trinajstić information content (AvgIpc) is 2.89. The molecule has 1 aliphatic rings. The SMILES string of the molecule is CCCCC(COC)NC(=O)c1n[nH]c2c1CNCC2. The van der Waals surface area contributed by atoms with Gasteiger partial charge >= 0.3 is 0 Å². The second-order valence-electron chi connectivity index (χ2n) is 5.22. The Balaban J connectivity index is 2.00. The van der Waals surface area contributed by atoms with Crippen molar-refractivity contribution in [3.05, 3.63) is 17.0 Å². The molecule has 112 valence electrons. The zero-order valence-corrected chi connectivity index (χ0v) is 12.3. The van der Waals surface area contributed by atoms with E-state index in [2.05, 4.69) is 27.8 Å². The Labute approximate surface area is 119 Å². The molecule has 0 radical (unpaired) electrons. The fourth-order valence-electron chi connectivity index (χ4n) is 2.52. The molecule has 3 N–H and O–H groups in total. The number of methoxy groups -OCH3 is 1. The van der Waals surface area contributed by atoms with Crippen LogP contribution >= 0.6 is 0 Å². The highest BCUT2D eigenvalue weighted by Gasteiger charge is 2.23. The van der Waals surface area contributed by atoms with Crippen LogP contribution in [0.25, 0.3) is 0 Å². The predicted octanol–water partition coefficient (Wildman–Crippen LogP) is 0.990. The molecule has 1 atom stereocenters. The van der Waals surface area contributed by atoms with Crippen molar-refractivity contribution in [1.82, 2.24) is 20.8 Å². The predicted molar refractivity (Wildman–Crippen MR) is 76.7 cm³/mol. The van der Waals surface area contributed by atoms with Gasteiger partial charge < -0.3 is 15.4 Å². The van der Waals surface area contributed by atoms with Gasteiger partial charge in [-0.15, -0.1) is 0 Å². The van der Waals surface area contributed by atoms with E-state index in [-0.39, 0.29) is 11.9 Å². The number of hydrogen-bond donors (Lipinski definition) is 3. The molecule has 1 amide bonds. The van der Waals surface area contributed by atoms with Crippen molar-refractivity contribution in [3.8, 4) is 0 Å². The minimum Gasteiger partial charge on any atom is -0.383 e. The molecule has 0 aliphatic carbocycles. The topological polar surface area (TPSA) is 79.0 Å². The largest absolute Gasteiger partial charge is 0.383 e. The lowest BCUT2D eigenvalue weighted by atomic mass is 10.1. The molecule has 1 aliphatic heterocycles. The van der Waals surface area contributed by atoms with Crippen LogP contribution in [-0.2, 0) is 17.7 Å². The maximum absolute atomic E-state index is 12.3. The number of hydrogen-bond acceptors (Lipinski definition) is 4. The van der Waals surface area contributed by atoms with Gasteiger partial charge in [0.1, 0.15) is 0 Å². The van der Waals surface area contributed by atoms with Gasteiger partial charge in [0.15, 0.2) is 5.69 Å². The zero-order chi connectivity index (χ0) is 14.4. The van der Waals surface area contributed by atoms with Crippen LogP contribution in [0.1, 0.15) is 47.9 Å². The van der Waals surface area contributed by atoms with Crippen molar-refractivity contribution in [2.24, 2.45) is 0 Å². The lowest BCUT2D eigenvalue weighted by molar-refractivity contribution is 0.0884. The molecule has 0 saturated carbocycles. The lowest BCUT2D eigenvalue weighted by Gasteiger charge is -2.18. The lowest BCUT2D eigenvalue weighted by Crippen LogP contribution is -2.39. The van der Waals surface area contributed by atoms with Crippen LogP contribution in [0.2, 0.25) is 0 Å². The van der Waals surface area contributed by atoms with Crippen LogP contribution in [0.3, 0.4) is 0 Å². The van der Waals surface area contributed by atoms with E-state index < -0.39 is 0 Å². The van der Waals surface area contributed by atoms with Crippen LogP contribution < -0.4 is 10.6 Å². The Morgan fingerprint density at radius 2 is 2.40 bits per heavy atom. The molecule has 2 rings (SSSR count). The molecule has 0 aromatic carbocycles. The zero-order valence-electron chi connectivity index (χ0n) is 12.3. The van der Waals surface area contributed by atoms with Gasteiger partial charge in [0.05, 0.1) is 12.6 Å². The Hall–Kier alpha value is -1.40. The smallest absolute Gasteiger partial charge is 0.272 e. The molecule has 20 heavy (non-hydrogen) atoms. The summed E-state index contributed by atoms with van der Waals surface area (Å²) in [5.74, 6) is -0.107. The van der Waals surface area contributed by atoms with Gasteiger partial charge in [0.2, 0.25) is 0 Å². The van der Waals surface area contributed by atoms with Gasteiger partial charge in [0.25, 0.3) is 5.91 Å². The summed E-state index contributed by atoms with van der Waals surface area (Å²) in [6, 6.07) is 0.0522. The Bertz CT molecular complexity index is 444. The number of amides is 1. The van der Waals surface area contributed by atoms with Crippen molar-refractivity contribution >= 4 is 5.91 Å². The minimum atomic E-state index is -0.107. The van der Waals surface area contributed by atoms with Crippen molar-refractivity contribution in [2.75, 3.05) is 20.3 Å².